The first-order valence-corrected chi connectivity index (χ1v) is 7.88. The predicted octanol–water partition coefficient (Wildman–Crippen LogP) is 3.61. The molecule has 2 rings (SSSR count). The van der Waals surface area contributed by atoms with Crippen molar-refractivity contribution in [1.29, 1.82) is 0 Å². The summed E-state index contributed by atoms with van der Waals surface area (Å²) in [6.45, 7) is 3.41. The van der Waals surface area contributed by atoms with Crippen LogP contribution in [0.2, 0.25) is 5.02 Å². The molecule has 0 bridgehead atoms. The van der Waals surface area contributed by atoms with Crippen LogP contribution in [0.15, 0.2) is 42.5 Å². The summed E-state index contributed by atoms with van der Waals surface area (Å²) in [5.41, 5.74) is 2.61. The van der Waals surface area contributed by atoms with E-state index in [4.69, 9.17) is 11.6 Å². The van der Waals surface area contributed by atoms with Crippen molar-refractivity contribution >= 4 is 34.8 Å². The molecule has 0 saturated heterocycles. The van der Waals surface area contributed by atoms with Gasteiger partial charge in [-0.05, 0) is 61.9 Å². The minimum Gasteiger partial charge on any atom is -0.393 e. The summed E-state index contributed by atoms with van der Waals surface area (Å²) in [4.78, 5) is 23.9. The summed E-state index contributed by atoms with van der Waals surface area (Å²) in [5, 5.41) is 15.3. The van der Waals surface area contributed by atoms with E-state index in [0.29, 0.717) is 22.0 Å². The van der Waals surface area contributed by atoms with Crippen LogP contribution >= 0.6 is 11.6 Å². The van der Waals surface area contributed by atoms with Crippen LogP contribution in [-0.4, -0.2) is 23.0 Å². The maximum Gasteiger partial charge on any atom is 0.255 e. The average molecular weight is 347 g/mol. The van der Waals surface area contributed by atoms with Gasteiger partial charge in [0.2, 0.25) is 5.91 Å². The molecule has 1 unspecified atom stereocenters. The third-order valence-electron chi connectivity index (χ3n) is 3.35. The topological polar surface area (TPSA) is 78.4 Å². The van der Waals surface area contributed by atoms with Gasteiger partial charge in [-0.15, -0.1) is 0 Å². The van der Waals surface area contributed by atoms with Crippen molar-refractivity contribution in [3.05, 3.63) is 58.6 Å². The molecule has 0 saturated carbocycles. The molecule has 0 aromatic heterocycles. The normalized spacial score (nSPS) is 11.7. The van der Waals surface area contributed by atoms with Crippen LogP contribution in [0.5, 0.6) is 0 Å². The number of aryl methyl sites for hydroxylation is 1. The van der Waals surface area contributed by atoms with Crippen LogP contribution < -0.4 is 10.6 Å². The van der Waals surface area contributed by atoms with Crippen LogP contribution in [0.1, 0.15) is 29.3 Å². The number of benzene rings is 2. The van der Waals surface area contributed by atoms with Crippen LogP contribution in [0.4, 0.5) is 11.4 Å². The Morgan fingerprint density at radius 2 is 1.79 bits per heavy atom. The van der Waals surface area contributed by atoms with E-state index in [1.165, 1.54) is 0 Å². The van der Waals surface area contributed by atoms with Crippen molar-refractivity contribution in [2.45, 2.75) is 26.4 Å². The lowest BCUT2D eigenvalue weighted by atomic mass is 10.1. The molecule has 3 N–H and O–H groups in total. The molecule has 2 amide bonds. The second-order valence-electron chi connectivity index (χ2n) is 5.59. The molecule has 2 aromatic rings. The molecule has 0 aliphatic rings. The maximum atomic E-state index is 12.3. The molecule has 24 heavy (non-hydrogen) atoms. The Labute approximate surface area is 145 Å². The van der Waals surface area contributed by atoms with Gasteiger partial charge in [0.1, 0.15) is 0 Å². The van der Waals surface area contributed by atoms with Crippen molar-refractivity contribution in [3.63, 3.8) is 0 Å². The second-order valence-corrected chi connectivity index (χ2v) is 6.03. The number of carbonyl (C=O) groups excluding carboxylic acids is 2. The zero-order chi connectivity index (χ0) is 17.7. The predicted molar refractivity (Wildman–Crippen MR) is 95.5 cm³/mol. The molecule has 2 aromatic carbocycles. The van der Waals surface area contributed by atoms with Gasteiger partial charge < -0.3 is 15.7 Å². The van der Waals surface area contributed by atoms with Crippen LogP contribution in [0, 0.1) is 6.92 Å². The Bertz CT molecular complexity index is 742. The summed E-state index contributed by atoms with van der Waals surface area (Å²) < 4.78 is 0. The minimum atomic E-state index is -0.697. The van der Waals surface area contributed by atoms with E-state index < -0.39 is 6.10 Å². The third kappa shape index (κ3) is 5.08. The average Bonchev–Trinajstić information content (AvgIpc) is 2.50. The molecular weight excluding hydrogens is 328 g/mol. The van der Waals surface area contributed by atoms with E-state index in [1.54, 1.807) is 49.4 Å². The van der Waals surface area contributed by atoms with Gasteiger partial charge in [-0.3, -0.25) is 9.59 Å². The van der Waals surface area contributed by atoms with E-state index in [1.807, 2.05) is 6.92 Å². The summed E-state index contributed by atoms with van der Waals surface area (Å²) in [7, 11) is 0. The number of anilines is 2. The van der Waals surface area contributed by atoms with Crippen molar-refractivity contribution in [1.82, 2.24) is 0 Å². The fraction of sp³-hybridized carbons (Fsp3) is 0.222. The highest BCUT2D eigenvalue weighted by Gasteiger charge is 2.10. The standard InChI is InChI=1S/C18H19ClN2O3/c1-11-9-14(19)5-8-16(11)21-18(24)13-3-6-15(7-4-13)20-17(23)10-12(2)22/h3-9,12,22H,10H2,1-2H3,(H,20,23)(H,21,24). The third-order valence-corrected chi connectivity index (χ3v) is 3.58. The lowest BCUT2D eigenvalue weighted by Gasteiger charge is -2.10. The number of aliphatic hydroxyl groups is 1. The van der Waals surface area contributed by atoms with Crippen LogP contribution in [0.25, 0.3) is 0 Å². The fourth-order valence-electron chi connectivity index (χ4n) is 2.15. The molecule has 0 spiro atoms. The highest BCUT2D eigenvalue weighted by atomic mass is 35.5. The molecule has 0 radical (unpaired) electrons. The van der Waals surface area contributed by atoms with E-state index in [2.05, 4.69) is 10.6 Å². The Balaban J connectivity index is 2.02. The van der Waals surface area contributed by atoms with Crippen molar-refractivity contribution < 1.29 is 14.7 Å². The number of halogens is 1. The van der Waals surface area contributed by atoms with E-state index in [-0.39, 0.29) is 18.2 Å². The van der Waals surface area contributed by atoms with Crippen molar-refractivity contribution in [2.75, 3.05) is 10.6 Å². The smallest absolute Gasteiger partial charge is 0.255 e. The number of nitrogens with one attached hydrogen (secondary N) is 2. The van der Waals surface area contributed by atoms with Crippen LogP contribution in [-0.2, 0) is 4.79 Å². The monoisotopic (exact) mass is 346 g/mol. The number of rotatable bonds is 5. The van der Waals surface area contributed by atoms with Crippen molar-refractivity contribution in [3.8, 4) is 0 Å². The summed E-state index contributed by atoms with van der Waals surface area (Å²) in [6, 6.07) is 11.8. The highest BCUT2D eigenvalue weighted by molar-refractivity contribution is 6.30. The first kappa shape index (κ1) is 18.0. The second kappa shape index (κ2) is 7.95. The van der Waals surface area contributed by atoms with E-state index in [9.17, 15) is 14.7 Å². The lowest BCUT2D eigenvalue weighted by molar-refractivity contribution is -0.117. The van der Waals surface area contributed by atoms with Gasteiger partial charge in [0.15, 0.2) is 0 Å². The van der Waals surface area contributed by atoms with Crippen molar-refractivity contribution in [2.24, 2.45) is 0 Å². The number of aliphatic hydroxyl groups excluding tert-OH is 1. The van der Waals surface area contributed by atoms with Gasteiger partial charge in [0.25, 0.3) is 5.91 Å². The lowest BCUT2D eigenvalue weighted by Crippen LogP contribution is -2.17. The Morgan fingerprint density at radius 1 is 1.12 bits per heavy atom. The number of hydrogen-bond acceptors (Lipinski definition) is 3. The quantitative estimate of drug-likeness (QED) is 0.773. The van der Waals surface area contributed by atoms with Gasteiger partial charge in [-0.2, -0.15) is 0 Å². The summed E-state index contributed by atoms with van der Waals surface area (Å²) in [5.74, 6) is -0.527. The molecule has 5 nitrogen and oxygen atoms in total. The Hall–Kier alpha value is -2.37. The Kier molecular flexibility index (Phi) is 5.95. The van der Waals surface area contributed by atoms with E-state index >= 15 is 0 Å². The molecule has 6 heteroatoms. The summed E-state index contributed by atoms with van der Waals surface area (Å²) >= 11 is 5.90. The molecular formula is C18H19ClN2O3. The van der Waals surface area contributed by atoms with Gasteiger partial charge in [-0.1, -0.05) is 11.6 Å². The molecule has 0 aliphatic carbocycles. The Morgan fingerprint density at radius 3 is 2.38 bits per heavy atom. The SMILES string of the molecule is Cc1cc(Cl)ccc1NC(=O)c1ccc(NC(=O)CC(C)O)cc1. The minimum absolute atomic E-state index is 0.0259. The zero-order valence-electron chi connectivity index (χ0n) is 13.5. The zero-order valence-corrected chi connectivity index (χ0v) is 14.2. The van der Waals surface area contributed by atoms with Gasteiger partial charge in [0, 0.05) is 22.0 Å². The van der Waals surface area contributed by atoms with Gasteiger partial charge in [0.05, 0.1) is 12.5 Å². The molecule has 0 heterocycles. The maximum absolute atomic E-state index is 12.3. The van der Waals surface area contributed by atoms with E-state index in [0.717, 1.165) is 5.56 Å². The number of hydrogen-bond donors (Lipinski definition) is 3. The highest BCUT2D eigenvalue weighted by Crippen LogP contribution is 2.20. The largest absolute Gasteiger partial charge is 0.393 e. The molecule has 0 aliphatic heterocycles. The molecule has 126 valence electrons. The number of amides is 2. The molecule has 0 fully saturated rings. The van der Waals surface area contributed by atoms with Gasteiger partial charge >= 0.3 is 0 Å². The summed E-state index contributed by atoms with van der Waals surface area (Å²) in [6.07, 6.45) is -0.671. The number of carbonyl (C=O) groups is 2. The first-order valence-electron chi connectivity index (χ1n) is 7.50. The van der Waals surface area contributed by atoms with Crippen LogP contribution in [0.3, 0.4) is 0 Å². The fourth-order valence-corrected chi connectivity index (χ4v) is 2.37. The van der Waals surface area contributed by atoms with Gasteiger partial charge in [-0.25, -0.2) is 0 Å². The first-order chi connectivity index (χ1) is 11.3. The molecule has 1 atom stereocenters.